The van der Waals surface area contributed by atoms with Crippen LogP contribution in [0.3, 0.4) is 0 Å². The Morgan fingerprint density at radius 1 is 1.54 bits per heavy atom. The molecule has 0 bridgehead atoms. The van der Waals surface area contributed by atoms with Crippen molar-refractivity contribution in [2.24, 2.45) is 0 Å². The van der Waals surface area contributed by atoms with E-state index in [1.54, 1.807) is 16.7 Å². The van der Waals surface area contributed by atoms with E-state index in [2.05, 4.69) is 0 Å². The maximum absolute atomic E-state index is 11.4. The molecule has 0 aliphatic rings. The Labute approximate surface area is 84.5 Å². The van der Waals surface area contributed by atoms with Gasteiger partial charge in [-0.2, -0.15) is 11.8 Å². The first kappa shape index (κ1) is 12.8. The van der Waals surface area contributed by atoms with Crippen molar-refractivity contribution in [3.05, 3.63) is 0 Å². The molecule has 0 atom stereocenters. The highest BCUT2D eigenvalue weighted by Crippen LogP contribution is 2.02. The average Bonchev–Trinajstić information content (AvgIpc) is 2.14. The molecule has 0 fully saturated rings. The summed E-state index contributed by atoms with van der Waals surface area (Å²) < 4.78 is 0. The standard InChI is InChI=1S/C9H19NO2S/c1-3-10(6-7-11)9(12)5-4-8-13-2/h11H,3-8H2,1-2H3. The van der Waals surface area contributed by atoms with Crippen molar-refractivity contribution in [1.82, 2.24) is 4.90 Å². The van der Waals surface area contributed by atoms with Crippen LogP contribution in [0, 0.1) is 0 Å². The molecule has 0 rings (SSSR count). The number of rotatable bonds is 7. The highest BCUT2D eigenvalue weighted by molar-refractivity contribution is 7.98. The molecular weight excluding hydrogens is 186 g/mol. The number of aliphatic hydroxyl groups is 1. The molecule has 0 unspecified atom stereocenters. The van der Waals surface area contributed by atoms with Crippen LogP contribution in [-0.2, 0) is 4.79 Å². The normalized spacial score (nSPS) is 10.1. The monoisotopic (exact) mass is 205 g/mol. The van der Waals surface area contributed by atoms with Gasteiger partial charge in [-0.3, -0.25) is 4.79 Å². The van der Waals surface area contributed by atoms with Crippen LogP contribution in [0.4, 0.5) is 0 Å². The molecule has 78 valence electrons. The smallest absolute Gasteiger partial charge is 0.222 e. The third-order valence-electron chi connectivity index (χ3n) is 1.84. The van der Waals surface area contributed by atoms with Gasteiger partial charge in [-0.15, -0.1) is 0 Å². The number of thioether (sulfide) groups is 1. The molecule has 0 aromatic heterocycles. The molecule has 0 aromatic rings. The molecule has 0 aliphatic heterocycles. The van der Waals surface area contributed by atoms with Gasteiger partial charge in [0.2, 0.25) is 5.91 Å². The molecular formula is C9H19NO2S. The molecule has 0 aliphatic carbocycles. The van der Waals surface area contributed by atoms with Crippen molar-refractivity contribution in [3.63, 3.8) is 0 Å². The zero-order chi connectivity index (χ0) is 10.1. The van der Waals surface area contributed by atoms with Crippen molar-refractivity contribution in [2.75, 3.05) is 31.7 Å². The van der Waals surface area contributed by atoms with E-state index in [0.29, 0.717) is 19.5 Å². The minimum Gasteiger partial charge on any atom is -0.395 e. The molecule has 0 saturated carbocycles. The van der Waals surface area contributed by atoms with Crippen LogP contribution in [0.25, 0.3) is 0 Å². The van der Waals surface area contributed by atoms with E-state index in [1.807, 2.05) is 13.2 Å². The van der Waals surface area contributed by atoms with E-state index >= 15 is 0 Å². The zero-order valence-corrected chi connectivity index (χ0v) is 9.27. The van der Waals surface area contributed by atoms with Crippen LogP contribution in [-0.4, -0.2) is 47.6 Å². The van der Waals surface area contributed by atoms with Crippen LogP contribution in [0.2, 0.25) is 0 Å². The lowest BCUT2D eigenvalue weighted by Crippen LogP contribution is -2.33. The number of hydrogen-bond donors (Lipinski definition) is 1. The fourth-order valence-electron chi connectivity index (χ4n) is 1.11. The van der Waals surface area contributed by atoms with Crippen molar-refractivity contribution >= 4 is 17.7 Å². The summed E-state index contributed by atoms with van der Waals surface area (Å²) in [7, 11) is 0. The molecule has 13 heavy (non-hydrogen) atoms. The quantitative estimate of drug-likeness (QED) is 0.630. The van der Waals surface area contributed by atoms with E-state index in [4.69, 9.17) is 5.11 Å². The predicted octanol–water partition coefficient (Wildman–Crippen LogP) is 0.970. The summed E-state index contributed by atoms with van der Waals surface area (Å²) in [6.07, 6.45) is 3.58. The van der Waals surface area contributed by atoms with Gasteiger partial charge in [0.15, 0.2) is 0 Å². The van der Waals surface area contributed by atoms with Crippen molar-refractivity contribution in [3.8, 4) is 0 Å². The molecule has 0 saturated heterocycles. The van der Waals surface area contributed by atoms with Crippen molar-refractivity contribution < 1.29 is 9.90 Å². The van der Waals surface area contributed by atoms with E-state index in [1.165, 1.54) is 0 Å². The maximum Gasteiger partial charge on any atom is 0.222 e. The molecule has 0 spiro atoms. The Balaban J connectivity index is 3.64. The number of hydrogen-bond acceptors (Lipinski definition) is 3. The molecule has 1 N–H and O–H groups in total. The second kappa shape index (κ2) is 8.38. The van der Waals surface area contributed by atoms with Crippen molar-refractivity contribution in [1.29, 1.82) is 0 Å². The fourth-order valence-corrected chi connectivity index (χ4v) is 1.54. The SMILES string of the molecule is CCN(CCO)C(=O)CCCSC. The van der Waals surface area contributed by atoms with Gasteiger partial charge in [0.05, 0.1) is 6.61 Å². The van der Waals surface area contributed by atoms with Gasteiger partial charge in [0.1, 0.15) is 0 Å². The molecule has 0 heterocycles. The zero-order valence-electron chi connectivity index (χ0n) is 8.45. The van der Waals surface area contributed by atoms with Crippen molar-refractivity contribution in [2.45, 2.75) is 19.8 Å². The lowest BCUT2D eigenvalue weighted by molar-refractivity contribution is -0.131. The summed E-state index contributed by atoms with van der Waals surface area (Å²) in [5.74, 6) is 1.19. The summed E-state index contributed by atoms with van der Waals surface area (Å²) in [6, 6.07) is 0. The lowest BCUT2D eigenvalue weighted by Gasteiger charge is -2.19. The van der Waals surface area contributed by atoms with Gasteiger partial charge in [-0.1, -0.05) is 0 Å². The van der Waals surface area contributed by atoms with E-state index in [9.17, 15) is 4.79 Å². The number of carbonyl (C=O) groups excluding carboxylic acids is 1. The van der Waals surface area contributed by atoms with Gasteiger partial charge in [0.25, 0.3) is 0 Å². The van der Waals surface area contributed by atoms with Gasteiger partial charge in [0, 0.05) is 19.5 Å². The van der Waals surface area contributed by atoms with Gasteiger partial charge in [-0.25, -0.2) is 0 Å². The maximum atomic E-state index is 11.4. The van der Waals surface area contributed by atoms with Crippen LogP contribution >= 0.6 is 11.8 Å². The first-order valence-corrected chi connectivity index (χ1v) is 6.03. The first-order chi connectivity index (χ1) is 6.26. The lowest BCUT2D eigenvalue weighted by atomic mass is 10.3. The number of likely N-dealkylation sites (N-methyl/N-ethyl adjacent to an activating group) is 1. The molecule has 4 heteroatoms. The van der Waals surface area contributed by atoms with Crippen LogP contribution in [0.15, 0.2) is 0 Å². The third-order valence-corrected chi connectivity index (χ3v) is 2.54. The predicted molar refractivity (Wildman–Crippen MR) is 57.0 cm³/mol. The summed E-state index contributed by atoms with van der Waals surface area (Å²) in [6.45, 7) is 3.15. The summed E-state index contributed by atoms with van der Waals surface area (Å²) in [4.78, 5) is 13.1. The summed E-state index contributed by atoms with van der Waals surface area (Å²) in [5.41, 5.74) is 0. The van der Waals surface area contributed by atoms with E-state index < -0.39 is 0 Å². The van der Waals surface area contributed by atoms with Crippen LogP contribution in [0.5, 0.6) is 0 Å². The number of aliphatic hydroxyl groups excluding tert-OH is 1. The second-order valence-electron chi connectivity index (χ2n) is 2.79. The first-order valence-electron chi connectivity index (χ1n) is 4.63. The second-order valence-corrected chi connectivity index (χ2v) is 3.78. The van der Waals surface area contributed by atoms with E-state index in [-0.39, 0.29) is 12.5 Å². The molecule has 0 radical (unpaired) electrons. The minimum atomic E-state index is 0.0576. The number of nitrogens with zero attached hydrogens (tertiary/aromatic N) is 1. The Morgan fingerprint density at radius 2 is 2.23 bits per heavy atom. The van der Waals surface area contributed by atoms with Gasteiger partial charge < -0.3 is 10.0 Å². The summed E-state index contributed by atoms with van der Waals surface area (Å²) >= 11 is 1.76. The van der Waals surface area contributed by atoms with Crippen LogP contribution in [0.1, 0.15) is 19.8 Å². The Hall–Kier alpha value is -0.220. The minimum absolute atomic E-state index is 0.0576. The van der Waals surface area contributed by atoms with Gasteiger partial charge >= 0.3 is 0 Å². The van der Waals surface area contributed by atoms with Gasteiger partial charge in [-0.05, 0) is 25.4 Å². The topological polar surface area (TPSA) is 40.5 Å². The third kappa shape index (κ3) is 5.93. The molecule has 1 amide bonds. The van der Waals surface area contributed by atoms with E-state index in [0.717, 1.165) is 12.2 Å². The average molecular weight is 205 g/mol. The Bertz CT molecular complexity index is 142. The highest BCUT2D eigenvalue weighted by Gasteiger charge is 2.09. The summed E-state index contributed by atoms with van der Waals surface area (Å²) in [5, 5.41) is 8.69. The number of amides is 1. The Morgan fingerprint density at radius 3 is 2.69 bits per heavy atom. The van der Waals surface area contributed by atoms with Crippen LogP contribution < -0.4 is 0 Å². The highest BCUT2D eigenvalue weighted by atomic mass is 32.2. The number of carbonyl (C=O) groups is 1. The fraction of sp³-hybridized carbons (Fsp3) is 0.889. The Kier molecular flexibility index (Phi) is 8.24. The largest absolute Gasteiger partial charge is 0.395 e. The molecule has 3 nitrogen and oxygen atoms in total. The molecule has 0 aromatic carbocycles.